The zero-order valence-corrected chi connectivity index (χ0v) is 20.2. The van der Waals surface area contributed by atoms with Gasteiger partial charge < -0.3 is 30.0 Å². The number of Topliss-reactive ketones (excluding diaryl/α,β-unsaturated/α-hetero) is 1. The molecule has 3 rings (SSSR count). The molecule has 0 amide bonds. The molecule has 0 saturated heterocycles. The summed E-state index contributed by atoms with van der Waals surface area (Å²) in [6.07, 6.45) is 3.76. The number of anilines is 2. The van der Waals surface area contributed by atoms with Gasteiger partial charge in [-0.05, 0) is 35.9 Å². The summed E-state index contributed by atoms with van der Waals surface area (Å²) in [5.74, 6) is 0.994. The summed E-state index contributed by atoms with van der Waals surface area (Å²) in [6, 6.07) is 13.4. The maximum Gasteiger partial charge on any atom is 0.203 e. The van der Waals surface area contributed by atoms with Crippen molar-refractivity contribution >= 4 is 29.3 Å². The van der Waals surface area contributed by atoms with Crippen molar-refractivity contribution in [3.63, 3.8) is 0 Å². The van der Waals surface area contributed by atoms with E-state index in [1.54, 1.807) is 54.6 Å². The number of rotatable bonds is 11. The van der Waals surface area contributed by atoms with Crippen molar-refractivity contribution in [2.45, 2.75) is 6.42 Å². The molecule has 0 bridgehead atoms. The number of benzene rings is 3. The van der Waals surface area contributed by atoms with E-state index in [0.29, 0.717) is 46.3 Å². The summed E-state index contributed by atoms with van der Waals surface area (Å²) in [7, 11) is 6.01. The Morgan fingerprint density at radius 3 is 2.17 bits per heavy atom. The lowest BCUT2D eigenvalue weighted by molar-refractivity contribution is 0.0987. The maximum atomic E-state index is 14.5. The van der Waals surface area contributed by atoms with Crippen LogP contribution in [0.5, 0.6) is 23.0 Å². The highest BCUT2D eigenvalue weighted by molar-refractivity contribution is 6.00. The Kier molecular flexibility index (Phi) is 8.56. The van der Waals surface area contributed by atoms with Crippen LogP contribution >= 0.6 is 0 Å². The second kappa shape index (κ2) is 11.8. The van der Waals surface area contributed by atoms with Gasteiger partial charge in [-0.2, -0.15) is 0 Å². The smallest absolute Gasteiger partial charge is 0.203 e. The molecule has 7 nitrogen and oxygen atoms in total. The van der Waals surface area contributed by atoms with E-state index in [-0.39, 0.29) is 18.0 Å². The van der Waals surface area contributed by atoms with Gasteiger partial charge in [-0.25, -0.2) is 4.39 Å². The molecule has 0 fully saturated rings. The second-order valence-electron chi connectivity index (χ2n) is 7.55. The topological polar surface area (TPSA) is 92.0 Å². The van der Waals surface area contributed by atoms with Gasteiger partial charge in [0.05, 0.1) is 28.4 Å². The van der Waals surface area contributed by atoms with Gasteiger partial charge in [0.15, 0.2) is 28.8 Å². The van der Waals surface area contributed by atoms with Crippen LogP contribution in [0.15, 0.2) is 48.5 Å². The minimum Gasteiger partial charge on any atom is -0.494 e. The van der Waals surface area contributed by atoms with Gasteiger partial charge in [0.1, 0.15) is 0 Å². The van der Waals surface area contributed by atoms with E-state index < -0.39 is 5.82 Å². The second-order valence-corrected chi connectivity index (χ2v) is 7.55. The van der Waals surface area contributed by atoms with Gasteiger partial charge in [-0.3, -0.25) is 4.79 Å². The van der Waals surface area contributed by atoms with Crippen molar-refractivity contribution in [1.29, 1.82) is 0 Å². The Morgan fingerprint density at radius 2 is 1.57 bits per heavy atom. The molecule has 0 aromatic heterocycles. The van der Waals surface area contributed by atoms with E-state index in [2.05, 4.69) is 5.32 Å². The summed E-state index contributed by atoms with van der Waals surface area (Å²) >= 11 is 0. The van der Waals surface area contributed by atoms with Crippen LogP contribution in [0, 0.1) is 5.82 Å². The Balaban J connectivity index is 1.85. The molecular formula is C27H29FN2O5. The standard InChI is InChI=1S/C27H29FN2O5/c1-32-24-16-22(30-12-11-23(31)19-7-5-6-8-21(19)29)18(15-20(24)28)10-9-17-13-25(33-2)27(35-4)26(14-17)34-3/h5-10,13-16,30H,11-12,29H2,1-4H3/b10-9-. The first-order valence-electron chi connectivity index (χ1n) is 10.9. The highest BCUT2D eigenvalue weighted by atomic mass is 19.1. The van der Waals surface area contributed by atoms with E-state index in [9.17, 15) is 9.18 Å². The number of carbonyl (C=O) groups is 1. The molecule has 0 unspecified atom stereocenters. The number of nitrogens with two attached hydrogens (primary N) is 1. The lowest BCUT2D eigenvalue weighted by Crippen LogP contribution is -2.11. The van der Waals surface area contributed by atoms with Crippen LogP contribution in [0.1, 0.15) is 27.9 Å². The lowest BCUT2D eigenvalue weighted by Gasteiger charge is -2.14. The van der Waals surface area contributed by atoms with Crippen molar-refractivity contribution in [2.24, 2.45) is 0 Å². The third kappa shape index (κ3) is 6.03. The SMILES string of the molecule is COc1cc(NCCC(=O)c2ccccc2N)c(/C=C\c2cc(OC)c(OC)c(OC)c2)cc1F. The Morgan fingerprint density at radius 1 is 0.914 bits per heavy atom. The van der Waals surface area contributed by atoms with E-state index in [4.69, 9.17) is 24.7 Å². The minimum absolute atomic E-state index is 0.0841. The van der Waals surface area contributed by atoms with Crippen LogP contribution in [0.2, 0.25) is 0 Å². The average molecular weight is 481 g/mol. The number of ether oxygens (including phenoxy) is 4. The zero-order chi connectivity index (χ0) is 25.4. The first kappa shape index (κ1) is 25.4. The first-order valence-corrected chi connectivity index (χ1v) is 10.9. The van der Waals surface area contributed by atoms with Gasteiger partial charge in [0, 0.05) is 41.5 Å². The van der Waals surface area contributed by atoms with Gasteiger partial charge in [-0.15, -0.1) is 0 Å². The molecule has 0 aliphatic heterocycles. The van der Waals surface area contributed by atoms with Crippen LogP contribution in [-0.4, -0.2) is 40.8 Å². The van der Waals surface area contributed by atoms with Crippen LogP contribution in [0.25, 0.3) is 12.2 Å². The lowest BCUT2D eigenvalue weighted by atomic mass is 10.1. The van der Waals surface area contributed by atoms with Crippen molar-refractivity contribution in [3.8, 4) is 23.0 Å². The fourth-order valence-electron chi connectivity index (χ4n) is 3.60. The Labute approximate surface area is 204 Å². The number of halogens is 1. The van der Waals surface area contributed by atoms with Crippen LogP contribution in [0.3, 0.4) is 0 Å². The summed E-state index contributed by atoms with van der Waals surface area (Å²) in [5.41, 5.74) is 8.77. The Bertz CT molecular complexity index is 1200. The molecule has 8 heteroatoms. The maximum absolute atomic E-state index is 14.5. The van der Waals surface area contributed by atoms with Crippen LogP contribution < -0.4 is 30.0 Å². The number of para-hydroxylation sites is 1. The molecule has 3 aromatic carbocycles. The van der Waals surface area contributed by atoms with Gasteiger partial charge in [0.25, 0.3) is 0 Å². The van der Waals surface area contributed by atoms with Crippen molar-refractivity contribution in [3.05, 3.63) is 71.0 Å². The van der Waals surface area contributed by atoms with E-state index in [1.165, 1.54) is 34.5 Å². The fourth-order valence-corrected chi connectivity index (χ4v) is 3.60. The predicted octanol–water partition coefficient (Wildman–Crippen LogP) is 5.30. The van der Waals surface area contributed by atoms with Crippen molar-refractivity contribution in [2.75, 3.05) is 46.0 Å². The number of methoxy groups -OCH3 is 4. The van der Waals surface area contributed by atoms with Gasteiger partial charge in [0.2, 0.25) is 5.75 Å². The fraction of sp³-hybridized carbons (Fsp3) is 0.222. The molecule has 0 atom stereocenters. The predicted molar refractivity (Wildman–Crippen MR) is 136 cm³/mol. The molecule has 0 aliphatic carbocycles. The zero-order valence-electron chi connectivity index (χ0n) is 20.2. The largest absolute Gasteiger partial charge is 0.494 e. The minimum atomic E-state index is -0.504. The number of hydrogen-bond acceptors (Lipinski definition) is 7. The molecule has 0 heterocycles. The number of nitrogens with one attached hydrogen (secondary N) is 1. The third-order valence-corrected chi connectivity index (χ3v) is 5.40. The van der Waals surface area contributed by atoms with Crippen LogP contribution in [-0.2, 0) is 0 Å². The summed E-state index contributed by atoms with van der Waals surface area (Å²) in [6.45, 7) is 0.326. The average Bonchev–Trinajstić information content (AvgIpc) is 2.87. The monoisotopic (exact) mass is 480 g/mol. The third-order valence-electron chi connectivity index (χ3n) is 5.40. The van der Waals surface area contributed by atoms with Gasteiger partial charge >= 0.3 is 0 Å². The van der Waals surface area contributed by atoms with E-state index in [1.807, 2.05) is 0 Å². The normalized spacial score (nSPS) is 10.8. The molecule has 0 aliphatic rings. The number of ketones is 1. The highest BCUT2D eigenvalue weighted by Gasteiger charge is 2.14. The molecule has 3 N–H and O–H groups in total. The van der Waals surface area contributed by atoms with Crippen molar-refractivity contribution < 1.29 is 28.1 Å². The molecule has 0 spiro atoms. The number of hydrogen-bond donors (Lipinski definition) is 2. The van der Waals surface area contributed by atoms with Crippen molar-refractivity contribution in [1.82, 2.24) is 0 Å². The summed E-state index contributed by atoms with van der Waals surface area (Å²) < 4.78 is 35.8. The highest BCUT2D eigenvalue weighted by Crippen LogP contribution is 2.39. The van der Waals surface area contributed by atoms with E-state index >= 15 is 0 Å². The first-order chi connectivity index (χ1) is 16.9. The van der Waals surface area contributed by atoms with E-state index in [0.717, 1.165) is 5.56 Å². The van der Waals surface area contributed by atoms with Crippen LogP contribution in [0.4, 0.5) is 15.8 Å². The molecule has 35 heavy (non-hydrogen) atoms. The van der Waals surface area contributed by atoms with Gasteiger partial charge in [-0.1, -0.05) is 24.3 Å². The molecule has 3 aromatic rings. The molecule has 0 saturated carbocycles. The Hall–Kier alpha value is -4.20. The summed E-state index contributed by atoms with van der Waals surface area (Å²) in [5, 5.41) is 3.21. The number of carbonyl (C=O) groups excluding carboxylic acids is 1. The summed E-state index contributed by atoms with van der Waals surface area (Å²) in [4.78, 5) is 12.5. The molecular weight excluding hydrogens is 451 g/mol. The molecule has 0 radical (unpaired) electrons. The quantitative estimate of drug-likeness (QED) is 0.219. The number of nitrogen functional groups attached to an aromatic ring is 1. The molecule has 184 valence electrons.